The van der Waals surface area contributed by atoms with E-state index in [0.717, 1.165) is 45.2 Å². The molecule has 2 unspecified atom stereocenters. The van der Waals surface area contributed by atoms with E-state index in [1.54, 1.807) is 0 Å². The van der Waals surface area contributed by atoms with E-state index in [4.69, 9.17) is 0 Å². The third-order valence-corrected chi connectivity index (χ3v) is 4.62. The van der Waals surface area contributed by atoms with E-state index in [-0.39, 0.29) is 18.0 Å². The van der Waals surface area contributed by atoms with Gasteiger partial charge in [-0.1, -0.05) is 0 Å². The Morgan fingerprint density at radius 1 is 1.40 bits per heavy atom. The highest BCUT2D eigenvalue weighted by atomic mass is 16.2. The van der Waals surface area contributed by atoms with Crippen LogP contribution in [0.4, 0.5) is 0 Å². The standard InChI is InChI=1S/C15H24N4O/c1-11(15(20)19-8-3-4-9-19)17-13-6-5-7-14-12(13)10-16-18(14)2/h10-11,13,17H,3-9H2,1-2H3. The lowest BCUT2D eigenvalue weighted by atomic mass is 9.92. The van der Waals surface area contributed by atoms with Crippen LogP contribution in [-0.4, -0.2) is 39.7 Å². The van der Waals surface area contributed by atoms with Crippen molar-refractivity contribution in [2.24, 2.45) is 7.05 Å². The first-order valence-corrected chi connectivity index (χ1v) is 7.72. The Hall–Kier alpha value is -1.36. The van der Waals surface area contributed by atoms with E-state index in [1.807, 2.05) is 29.7 Å². The van der Waals surface area contributed by atoms with Crippen LogP contribution in [0.2, 0.25) is 0 Å². The minimum atomic E-state index is -0.107. The molecule has 0 spiro atoms. The summed E-state index contributed by atoms with van der Waals surface area (Å²) < 4.78 is 1.97. The molecule has 1 N–H and O–H groups in total. The first-order chi connectivity index (χ1) is 9.66. The van der Waals surface area contributed by atoms with Crippen molar-refractivity contribution in [3.63, 3.8) is 0 Å². The lowest BCUT2D eigenvalue weighted by Gasteiger charge is -2.28. The fraction of sp³-hybridized carbons (Fsp3) is 0.733. The van der Waals surface area contributed by atoms with Crippen LogP contribution < -0.4 is 5.32 Å². The molecule has 110 valence electrons. The monoisotopic (exact) mass is 276 g/mol. The quantitative estimate of drug-likeness (QED) is 0.908. The van der Waals surface area contributed by atoms with Gasteiger partial charge in [0.15, 0.2) is 0 Å². The van der Waals surface area contributed by atoms with Crippen molar-refractivity contribution in [2.45, 2.75) is 51.1 Å². The number of amides is 1. The summed E-state index contributed by atoms with van der Waals surface area (Å²) in [6.45, 7) is 3.84. The molecule has 2 aliphatic rings. The van der Waals surface area contributed by atoms with Crippen molar-refractivity contribution >= 4 is 5.91 Å². The molecule has 1 fully saturated rings. The number of fused-ring (bicyclic) bond motifs is 1. The summed E-state index contributed by atoms with van der Waals surface area (Å²) in [6.07, 6.45) is 7.60. The number of nitrogens with one attached hydrogen (secondary N) is 1. The van der Waals surface area contributed by atoms with E-state index >= 15 is 0 Å². The second-order valence-corrected chi connectivity index (χ2v) is 6.04. The predicted molar refractivity (Wildman–Crippen MR) is 77.3 cm³/mol. The zero-order valence-corrected chi connectivity index (χ0v) is 12.4. The van der Waals surface area contributed by atoms with Gasteiger partial charge in [-0.3, -0.25) is 14.8 Å². The minimum Gasteiger partial charge on any atom is -0.341 e. The number of likely N-dealkylation sites (tertiary alicyclic amines) is 1. The number of hydrogen-bond donors (Lipinski definition) is 1. The molecule has 1 aliphatic heterocycles. The Morgan fingerprint density at radius 3 is 2.90 bits per heavy atom. The molecule has 1 saturated heterocycles. The van der Waals surface area contributed by atoms with E-state index in [9.17, 15) is 4.79 Å². The zero-order chi connectivity index (χ0) is 14.1. The van der Waals surface area contributed by atoms with Crippen molar-refractivity contribution in [2.75, 3.05) is 13.1 Å². The molecule has 0 aromatic carbocycles. The summed E-state index contributed by atoms with van der Waals surface area (Å²) in [4.78, 5) is 14.4. The first-order valence-electron chi connectivity index (χ1n) is 7.72. The molecule has 0 radical (unpaired) electrons. The summed E-state index contributed by atoms with van der Waals surface area (Å²) in [7, 11) is 2.00. The van der Waals surface area contributed by atoms with Gasteiger partial charge in [0.1, 0.15) is 0 Å². The molecule has 5 nitrogen and oxygen atoms in total. The van der Waals surface area contributed by atoms with Crippen LogP contribution in [0.3, 0.4) is 0 Å². The Kier molecular flexibility index (Phi) is 3.78. The maximum absolute atomic E-state index is 12.4. The number of aromatic nitrogens is 2. The van der Waals surface area contributed by atoms with Gasteiger partial charge in [0, 0.05) is 37.4 Å². The summed E-state index contributed by atoms with van der Waals surface area (Å²) in [6, 6.07) is 0.165. The van der Waals surface area contributed by atoms with E-state index < -0.39 is 0 Å². The predicted octanol–water partition coefficient (Wildman–Crippen LogP) is 1.40. The van der Waals surface area contributed by atoms with Crippen LogP contribution in [0.1, 0.15) is 49.9 Å². The normalized spacial score (nSPS) is 23.7. The van der Waals surface area contributed by atoms with Gasteiger partial charge in [0.2, 0.25) is 5.91 Å². The van der Waals surface area contributed by atoms with E-state index in [0.29, 0.717) is 0 Å². The van der Waals surface area contributed by atoms with Crippen molar-refractivity contribution in [3.05, 3.63) is 17.5 Å². The van der Waals surface area contributed by atoms with E-state index in [2.05, 4.69) is 10.4 Å². The molecule has 1 aromatic heterocycles. The van der Waals surface area contributed by atoms with Crippen molar-refractivity contribution in [3.8, 4) is 0 Å². The first kappa shape index (κ1) is 13.6. The molecule has 20 heavy (non-hydrogen) atoms. The minimum absolute atomic E-state index is 0.107. The summed E-state index contributed by atoms with van der Waals surface area (Å²) >= 11 is 0. The van der Waals surface area contributed by atoms with Crippen LogP contribution in [0.15, 0.2) is 6.20 Å². The van der Waals surface area contributed by atoms with Crippen LogP contribution in [-0.2, 0) is 18.3 Å². The molecule has 2 atom stereocenters. The van der Waals surface area contributed by atoms with Gasteiger partial charge in [0.05, 0.1) is 12.2 Å². The van der Waals surface area contributed by atoms with Crippen LogP contribution in [0.5, 0.6) is 0 Å². The maximum Gasteiger partial charge on any atom is 0.239 e. The Labute approximate surface area is 120 Å². The number of rotatable bonds is 3. The SMILES string of the molecule is CC(NC1CCCc2c1cnn2C)C(=O)N1CCCC1. The number of hydrogen-bond acceptors (Lipinski definition) is 3. The van der Waals surface area contributed by atoms with Crippen molar-refractivity contribution < 1.29 is 4.79 Å². The Balaban J connectivity index is 1.67. The smallest absolute Gasteiger partial charge is 0.239 e. The zero-order valence-electron chi connectivity index (χ0n) is 12.4. The number of carbonyl (C=O) groups is 1. The van der Waals surface area contributed by atoms with Gasteiger partial charge >= 0.3 is 0 Å². The lowest BCUT2D eigenvalue weighted by Crippen LogP contribution is -2.45. The van der Waals surface area contributed by atoms with Crippen molar-refractivity contribution in [1.82, 2.24) is 20.0 Å². The molecule has 3 rings (SSSR count). The van der Waals surface area contributed by atoms with E-state index in [1.165, 1.54) is 11.3 Å². The summed E-state index contributed by atoms with van der Waals surface area (Å²) in [5, 5.41) is 7.88. The largest absolute Gasteiger partial charge is 0.341 e. The fourth-order valence-electron chi connectivity index (χ4n) is 3.46. The molecule has 0 saturated carbocycles. The average Bonchev–Trinajstić information content (AvgIpc) is 3.09. The summed E-state index contributed by atoms with van der Waals surface area (Å²) in [5.74, 6) is 0.249. The van der Waals surface area contributed by atoms with Crippen LogP contribution >= 0.6 is 0 Å². The molecular weight excluding hydrogens is 252 g/mol. The molecule has 1 aliphatic carbocycles. The van der Waals surface area contributed by atoms with Gasteiger partial charge in [-0.2, -0.15) is 5.10 Å². The highest BCUT2D eigenvalue weighted by Gasteiger charge is 2.28. The van der Waals surface area contributed by atoms with Gasteiger partial charge in [-0.05, 0) is 39.0 Å². The third-order valence-electron chi connectivity index (χ3n) is 4.62. The van der Waals surface area contributed by atoms with Crippen molar-refractivity contribution in [1.29, 1.82) is 0 Å². The van der Waals surface area contributed by atoms with Gasteiger partial charge in [0.25, 0.3) is 0 Å². The number of nitrogens with zero attached hydrogens (tertiary/aromatic N) is 3. The summed E-state index contributed by atoms with van der Waals surface area (Å²) in [5.41, 5.74) is 2.59. The highest BCUT2D eigenvalue weighted by molar-refractivity contribution is 5.81. The maximum atomic E-state index is 12.4. The molecular formula is C15H24N4O. The van der Waals surface area contributed by atoms with Gasteiger partial charge in [-0.25, -0.2) is 0 Å². The highest BCUT2D eigenvalue weighted by Crippen LogP contribution is 2.29. The fourth-order valence-corrected chi connectivity index (χ4v) is 3.46. The Morgan fingerprint density at radius 2 is 2.15 bits per heavy atom. The molecule has 1 amide bonds. The third kappa shape index (κ3) is 2.46. The second kappa shape index (κ2) is 5.56. The topological polar surface area (TPSA) is 50.2 Å². The molecule has 5 heteroatoms. The number of aryl methyl sites for hydroxylation is 1. The molecule has 0 bridgehead atoms. The lowest BCUT2D eigenvalue weighted by molar-refractivity contribution is -0.132. The number of carbonyl (C=O) groups excluding carboxylic acids is 1. The molecule has 2 heterocycles. The second-order valence-electron chi connectivity index (χ2n) is 6.04. The van der Waals surface area contributed by atoms with Gasteiger partial charge in [-0.15, -0.1) is 0 Å². The molecule has 1 aromatic rings. The van der Waals surface area contributed by atoms with Gasteiger partial charge < -0.3 is 4.90 Å². The van der Waals surface area contributed by atoms with Crippen LogP contribution in [0, 0.1) is 0 Å². The Bertz CT molecular complexity index is 490. The van der Waals surface area contributed by atoms with Crippen LogP contribution in [0.25, 0.3) is 0 Å². The average molecular weight is 276 g/mol.